The van der Waals surface area contributed by atoms with Crippen molar-refractivity contribution in [1.29, 1.82) is 0 Å². The molecule has 0 radical (unpaired) electrons. The average Bonchev–Trinajstić information content (AvgIpc) is 2.92. The second kappa shape index (κ2) is 15.1. The number of phenolic OH excluding ortho intramolecular Hbond substituents is 1. The summed E-state index contributed by atoms with van der Waals surface area (Å²) < 4.78 is 5.29. The molecule has 3 rings (SSSR count). The number of carbonyl (C=O) groups is 3. The number of aromatic hydroxyl groups is 1. The zero-order valence-corrected chi connectivity index (χ0v) is 24.6. The molecule has 0 saturated heterocycles. The Morgan fingerprint density at radius 2 is 1.59 bits per heavy atom. The fourth-order valence-corrected chi connectivity index (χ4v) is 4.67. The standard InChI is InChI=1S/C33H43N3O5/c1-5-6-7-8-9-12-20-36(29(38)23-34-32(40)41-33(2,3)4)30(26-16-13-17-28(37)22-26)31(39)35-27-19-18-24-14-10-11-15-25(24)21-27/h10-11,13-19,21-22,30,37H,5-9,12,20,23H2,1-4H3,(H,34,40)(H,35,39). The summed E-state index contributed by atoms with van der Waals surface area (Å²) in [6.45, 7) is 7.37. The van der Waals surface area contributed by atoms with Crippen molar-refractivity contribution in [1.82, 2.24) is 10.2 Å². The maximum atomic E-state index is 13.9. The molecule has 0 saturated carbocycles. The van der Waals surface area contributed by atoms with Gasteiger partial charge in [-0.25, -0.2) is 4.79 Å². The molecule has 0 aliphatic heterocycles. The lowest BCUT2D eigenvalue weighted by molar-refractivity contribution is -0.138. The molecule has 0 bridgehead atoms. The zero-order chi connectivity index (χ0) is 29.8. The van der Waals surface area contributed by atoms with E-state index in [2.05, 4.69) is 17.6 Å². The summed E-state index contributed by atoms with van der Waals surface area (Å²) >= 11 is 0. The van der Waals surface area contributed by atoms with Crippen LogP contribution in [-0.4, -0.2) is 46.6 Å². The van der Waals surface area contributed by atoms with Crippen molar-refractivity contribution in [3.05, 3.63) is 72.3 Å². The number of nitrogens with one attached hydrogen (secondary N) is 2. The van der Waals surface area contributed by atoms with Crippen LogP contribution in [0.2, 0.25) is 0 Å². The summed E-state index contributed by atoms with van der Waals surface area (Å²) in [6, 6.07) is 18.8. The molecule has 0 fully saturated rings. The molecule has 1 unspecified atom stereocenters. The van der Waals surface area contributed by atoms with E-state index in [9.17, 15) is 19.5 Å². The number of benzene rings is 3. The van der Waals surface area contributed by atoms with E-state index in [-0.39, 0.29) is 12.3 Å². The number of ether oxygens (including phenoxy) is 1. The molecular formula is C33H43N3O5. The topological polar surface area (TPSA) is 108 Å². The molecule has 3 aromatic carbocycles. The lowest BCUT2D eigenvalue weighted by Crippen LogP contribution is -2.47. The van der Waals surface area contributed by atoms with Gasteiger partial charge in [-0.3, -0.25) is 9.59 Å². The number of anilines is 1. The van der Waals surface area contributed by atoms with E-state index < -0.39 is 29.6 Å². The maximum Gasteiger partial charge on any atom is 0.408 e. The minimum absolute atomic E-state index is 0.00940. The predicted molar refractivity (Wildman–Crippen MR) is 163 cm³/mol. The molecular weight excluding hydrogens is 518 g/mol. The summed E-state index contributed by atoms with van der Waals surface area (Å²) in [7, 11) is 0. The third-order valence-corrected chi connectivity index (χ3v) is 6.62. The van der Waals surface area contributed by atoms with Gasteiger partial charge >= 0.3 is 6.09 Å². The van der Waals surface area contributed by atoms with E-state index in [0.29, 0.717) is 24.2 Å². The average molecular weight is 562 g/mol. The van der Waals surface area contributed by atoms with Gasteiger partial charge in [0.25, 0.3) is 5.91 Å². The molecule has 1 atom stereocenters. The molecule has 0 aromatic heterocycles. The minimum Gasteiger partial charge on any atom is -0.508 e. The number of nitrogens with zero attached hydrogens (tertiary/aromatic N) is 1. The van der Waals surface area contributed by atoms with Crippen molar-refractivity contribution in [2.45, 2.75) is 77.9 Å². The van der Waals surface area contributed by atoms with Crippen LogP contribution in [0.5, 0.6) is 5.75 Å². The van der Waals surface area contributed by atoms with Crippen LogP contribution < -0.4 is 10.6 Å². The number of amides is 3. The summed E-state index contributed by atoms with van der Waals surface area (Å²) in [5.41, 5.74) is 0.354. The lowest BCUT2D eigenvalue weighted by Gasteiger charge is -2.32. The van der Waals surface area contributed by atoms with E-state index in [1.807, 2.05) is 42.5 Å². The van der Waals surface area contributed by atoms with Crippen LogP contribution in [0, 0.1) is 0 Å². The Bertz CT molecular complexity index is 1320. The predicted octanol–water partition coefficient (Wildman–Crippen LogP) is 6.94. The van der Waals surface area contributed by atoms with E-state index in [1.54, 1.807) is 32.9 Å². The SMILES string of the molecule is CCCCCCCCN(C(=O)CNC(=O)OC(C)(C)C)C(C(=O)Nc1ccc2ccccc2c1)c1cccc(O)c1. The second-order valence-electron chi connectivity index (χ2n) is 11.3. The van der Waals surface area contributed by atoms with Gasteiger partial charge < -0.3 is 25.4 Å². The Hall–Kier alpha value is -4.07. The highest BCUT2D eigenvalue weighted by molar-refractivity contribution is 6.00. The van der Waals surface area contributed by atoms with Gasteiger partial charge in [-0.1, -0.05) is 81.5 Å². The lowest BCUT2D eigenvalue weighted by atomic mass is 10.0. The first-order chi connectivity index (χ1) is 19.6. The summed E-state index contributed by atoms with van der Waals surface area (Å²) in [6.07, 6.45) is 5.33. The van der Waals surface area contributed by atoms with Crippen LogP contribution >= 0.6 is 0 Å². The van der Waals surface area contributed by atoms with Crippen LogP contribution in [0.1, 0.15) is 77.8 Å². The van der Waals surface area contributed by atoms with Crippen molar-refractivity contribution in [3.8, 4) is 5.75 Å². The smallest absolute Gasteiger partial charge is 0.408 e. The van der Waals surface area contributed by atoms with Crippen molar-refractivity contribution in [2.24, 2.45) is 0 Å². The summed E-state index contributed by atoms with van der Waals surface area (Å²) in [4.78, 5) is 41.3. The van der Waals surface area contributed by atoms with Gasteiger partial charge in [-0.15, -0.1) is 0 Å². The van der Waals surface area contributed by atoms with Crippen LogP contribution in [0.25, 0.3) is 10.8 Å². The van der Waals surface area contributed by atoms with Crippen LogP contribution in [-0.2, 0) is 14.3 Å². The Kier molecular flexibility index (Phi) is 11.6. The van der Waals surface area contributed by atoms with E-state index in [4.69, 9.17) is 4.74 Å². The van der Waals surface area contributed by atoms with Gasteiger partial charge in [0, 0.05) is 12.2 Å². The highest BCUT2D eigenvalue weighted by atomic mass is 16.6. The number of fused-ring (bicyclic) bond motifs is 1. The van der Waals surface area contributed by atoms with Gasteiger partial charge in [0.2, 0.25) is 5.91 Å². The highest BCUT2D eigenvalue weighted by Gasteiger charge is 2.32. The number of rotatable bonds is 13. The van der Waals surface area contributed by atoms with E-state index >= 15 is 0 Å². The monoisotopic (exact) mass is 561 g/mol. The molecule has 8 nitrogen and oxygen atoms in total. The van der Waals surface area contributed by atoms with Gasteiger partial charge in [0.15, 0.2) is 0 Å². The Labute approximate surface area is 243 Å². The largest absolute Gasteiger partial charge is 0.508 e. The molecule has 220 valence electrons. The molecule has 41 heavy (non-hydrogen) atoms. The van der Waals surface area contributed by atoms with Gasteiger partial charge in [-0.05, 0) is 67.8 Å². The fourth-order valence-electron chi connectivity index (χ4n) is 4.67. The first kappa shape index (κ1) is 31.5. The molecule has 8 heteroatoms. The molecule has 3 N–H and O–H groups in total. The first-order valence-corrected chi connectivity index (χ1v) is 14.4. The van der Waals surface area contributed by atoms with Crippen LogP contribution in [0.4, 0.5) is 10.5 Å². The summed E-state index contributed by atoms with van der Waals surface area (Å²) in [5.74, 6) is -0.848. The van der Waals surface area contributed by atoms with Gasteiger partial charge in [0.05, 0.1) is 0 Å². The quantitative estimate of drug-likeness (QED) is 0.196. The Morgan fingerprint density at radius 3 is 2.29 bits per heavy atom. The first-order valence-electron chi connectivity index (χ1n) is 14.4. The van der Waals surface area contributed by atoms with Crippen molar-refractivity contribution >= 4 is 34.4 Å². The molecule has 3 amide bonds. The number of alkyl carbamates (subject to hydrolysis) is 1. The molecule has 3 aromatic rings. The normalized spacial score (nSPS) is 12.0. The Balaban J connectivity index is 1.88. The van der Waals surface area contributed by atoms with E-state index in [1.165, 1.54) is 17.0 Å². The number of carbonyl (C=O) groups excluding carboxylic acids is 3. The van der Waals surface area contributed by atoms with Gasteiger partial charge in [-0.2, -0.15) is 0 Å². The molecule has 0 aliphatic carbocycles. The third-order valence-electron chi connectivity index (χ3n) is 6.62. The fraction of sp³-hybridized carbons (Fsp3) is 0.424. The minimum atomic E-state index is -1.03. The summed E-state index contributed by atoms with van der Waals surface area (Å²) in [5, 5.41) is 17.8. The maximum absolute atomic E-state index is 13.9. The van der Waals surface area contributed by atoms with Crippen molar-refractivity contribution < 1.29 is 24.2 Å². The number of hydrogen-bond acceptors (Lipinski definition) is 5. The van der Waals surface area contributed by atoms with Crippen LogP contribution in [0.15, 0.2) is 66.7 Å². The number of phenols is 1. The van der Waals surface area contributed by atoms with Crippen molar-refractivity contribution in [2.75, 3.05) is 18.4 Å². The van der Waals surface area contributed by atoms with E-state index in [0.717, 1.165) is 42.9 Å². The third kappa shape index (κ3) is 10.1. The number of unbranched alkanes of at least 4 members (excludes halogenated alkanes) is 5. The highest BCUT2D eigenvalue weighted by Crippen LogP contribution is 2.28. The number of hydrogen-bond donors (Lipinski definition) is 3. The zero-order valence-electron chi connectivity index (χ0n) is 24.6. The molecule has 0 heterocycles. The molecule has 0 spiro atoms. The second-order valence-corrected chi connectivity index (χ2v) is 11.3. The van der Waals surface area contributed by atoms with Crippen LogP contribution in [0.3, 0.4) is 0 Å². The van der Waals surface area contributed by atoms with Crippen molar-refractivity contribution in [3.63, 3.8) is 0 Å². The molecule has 0 aliphatic rings. The van der Waals surface area contributed by atoms with Gasteiger partial charge in [0.1, 0.15) is 23.9 Å². The Morgan fingerprint density at radius 1 is 0.878 bits per heavy atom.